The van der Waals surface area contributed by atoms with Crippen LogP contribution in [0.5, 0.6) is 11.5 Å². The summed E-state index contributed by atoms with van der Waals surface area (Å²) >= 11 is 0. The first kappa shape index (κ1) is 30.7. The lowest BCUT2D eigenvalue weighted by molar-refractivity contribution is 0.415. The van der Waals surface area contributed by atoms with Crippen LogP contribution in [0.1, 0.15) is 126 Å². The van der Waals surface area contributed by atoms with Gasteiger partial charge in [0.2, 0.25) is 0 Å². The Bertz CT molecular complexity index is 1800. The Labute approximate surface area is 256 Å². The van der Waals surface area contributed by atoms with Crippen molar-refractivity contribution < 1.29 is 9.84 Å². The van der Waals surface area contributed by atoms with Gasteiger partial charge in [-0.15, -0.1) is 0 Å². The Balaban J connectivity index is 2.13. The van der Waals surface area contributed by atoms with Crippen molar-refractivity contribution >= 4 is 44.4 Å². The van der Waals surface area contributed by atoms with Gasteiger partial charge in [0.05, 0.1) is 29.5 Å². The lowest BCUT2D eigenvalue weighted by Crippen LogP contribution is -1.94. The quantitative estimate of drug-likeness (QED) is 0.235. The third-order valence-corrected chi connectivity index (χ3v) is 9.38. The largest absolute Gasteiger partial charge is 0.504 e. The van der Waals surface area contributed by atoms with Crippen LogP contribution in [0.4, 0.5) is 0 Å². The van der Waals surface area contributed by atoms with Crippen molar-refractivity contribution in [2.75, 3.05) is 7.11 Å². The monoisotopic (exact) mass is 580 g/mol. The molecule has 0 fully saturated rings. The van der Waals surface area contributed by atoms with Crippen LogP contribution in [-0.2, 0) is 25.7 Å². The van der Waals surface area contributed by atoms with Gasteiger partial charge >= 0.3 is 0 Å². The molecule has 2 aliphatic heterocycles. The van der Waals surface area contributed by atoms with Gasteiger partial charge in [0, 0.05) is 11.0 Å². The van der Waals surface area contributed by atoms with E-state index < -0.39 is 0 Å². The Kier molecular flexibility index (Phi) is 8.86. The molecule has 0 saturated heterocycles. The van der Waals surface area contributed by atoms with Crippen LogP contribution in [0.15, 0.2) is 12.1 Å². The van der Waals surface area contributed by atoms with E-state index in [4.69, 9.17) is 14.7 Å². The number of hydrogen-bond donors (Lipinski definition) is 3. The van der Waals surface area contributed by atoms with E-state index in [0.29, 0.717) is 5.69 Å². The molecule has 43 heavy (non-hydrogen) atoms. The normalized spacial score (nSPS) is 13.4. The first-order chi connectivity index (χ1) is 20.8. The number of H-pyrrole nitrogens is 2. The molecule has 0 saturated carbocycles. The molecule has 0 aromatic carbocycles. The van der Waals surface area contributed by atoms with Crippen LogP contribution in [0.2, 0.25) is 0 Å². The van der Waals surface area contributed by atoms with E-state index in [1.54, 1.807) is 7.11 Å². The number of aromatic nitrogens is 4. The summed E-state index contributed by atoms with van der Waals surface area (Å²) in [6, 6.07) is 4.45. The van der Waals surface area contributed by atoms with Gasteiger partial charge in [-0.1, -0.05) is 55.4 Å². The minimum absolute atomic E-state index is 0.207. The smallest absolute Gasteiger partial charge is 0.168 e. The molecule has 5 rings (SSSR count). The van der Waals surface area contributed by atoms with E-state index in [1.165, 1.54) is 27.8 Å². The van der Waals surface area contributed by atoms with Gasteiger partial charge in [-0.3, -0.25) is 0 Å². The summed E-state index contributed by atoms with van der Waals surface area (Å²) in [7, 11) is 1.73. The highest BCUT2D eigenvalue weighted by atomic mass is 16.5. The molecule has 0 radical (unpaired) electrons. The number of aryl methyl sites for hydroxylation is 4. The third kappa shape index (κ3) is 4.79. The highest BCUT2D eigenvalue weighted by molar-refractivity contribution is 5.99. The molecule has 0 atom stereocenters. The second kappa shape index (κ2) is 12.4. The van der Waals surface area contributed by atoms with Crippen molar-refractivity contribution in [1.82, 2.24) is 19.9 Å². The van der Waals surface area contributed by atoms with Crippen LogP contribution in [0.25, 0.3) is 44.4 Å². The van der Waals surface area contributed by atoms with Gasteiger partial charge in [0.15, 0.2) is 11.5 Å². The molecular weight excluding hydrogens is 532 g/mol. The van der Waals surface area contributed by atoms with Crippen LogP contribution < -0.4 is 4.74 Å². The zero-order chi connectivity index (χ0) is 31.0. The molecule has 228 valence electrons. The van der Waals surface area contributed by atoms with Crippen LogP contribution in [0.3, 0.4) is 0 Å². The number of nitrogens with one attached hydrogen (secondary N) is 2. The number of nitrogens with zero attached hydrogens (tertiary/aromatic N) is 2. The highest BCUT2D eigenvalue weighted by Crippen LogP contribution is 2.45. The molecule has 3 aromatic rings. The van der Waals surface area contributed by atoms with Gasteiger partial charge in [0.1, 0.15) is 11.4 Å². The molecule has 8 bridgehead atoms. The number of ether oxygens (including phenoxy) is 1. The van der Waals surface area contributed by atoms with Crippen LogP contribution >= 0.6 is 0 Å². The maximum atomic E-state index is 12.0. The fourth-order valence-electron chi connectivity index (χ4n) is 7.42. The second-order valence-electron chi connectivity index (χ2n) is 11.3. The van der Waals surface area contributed by atoms with Crippen molar-refractivity contribution in [3.8, 4) is 11.5 Å². The molecule has 3 N–H and O–H groups in total. The van der Waals surface area contributed by atoms with E-state index >= 15 is 0 Å². The molecule has 2 aliphatic rings. The summed E-state index contributed by atoms with van der Waals surface area (Å²) < 4.78 is 6.22. The van der Waals surface area contributed by atoms with Gasteiger partial charge in [-0.05, 0) is 108 Å². The molecule has 3 aromatic heterocycles. The summed E-state index contributed by atoms with van der Waals surface area (Å²) in [6.45, 7) is 17.5. The number of aromatic amines is 2. The van der Waals surface area contributed by atoms with Gasteiger partial charge < -0.3 is 19.8 Å². The Morgan fingerprint density at radius 3 is 1.44 bits per heavy atom. The SMILES string of the molecule is CCC1=C(CC)c2cc3[nH]c(c(CC)c3CC)c(OC)c3nc(c(O)c4[nH]c(cc1n2)c(CC)c4CC)C(CC)=C3CC. The molecule has 5 heterocycles. The van der Waals surface area contributed by atoms with E-state index in [1.807, 2.05) is 0 Å². The summed E-state index contributed by atoms with van der Waals surface area (Å²) in [5.41, 5.74) is 17.0. The molecular formula is C37H48N4O2. The van der Waals surface area contributed by atoms with Gasteiger partial charge in [0.25, 0.3) is 0 Å². The molecule has 0 aliphatic carbocycles. The summed E-state index contributed by atoms with van der Waals surface area (Å²) in [6.07, 6.45) is 6.78. The standard InChI is InChI=1S/C37H48N4O2/c1-10-20-21(11-2)29-19-31-23(13-4)25(15-6)34(40-31)37(43-9)35-27(17-8)26(16-7)33(41-35)36(42)32-24(14-5)22(12-3)30(39-32)18-28(20)38-29/h18-19,39-40,42H,10-17H2,1-9H3. The van der Waals surface area contributed by atoms with E-state index in [9.17, 15) is 5.11 Å². The topological polar surface area (TPSA) is 86.8 Å². The Morgan fingerprint density at radius 1 is 0.558 bits per heavy atom. The average Bonchev–Trinajstić information content (AvgIpc) is 3.76. The predicted octanol–water partition coefficient (Wildman–Crippen LogP) is 9.74. The first-order valence-corrected chi connectivity index (χ1v) is 16.4. The van der Waals surface area contributed by atoms with Gasteiger partial charge in [-0.25, -0.2) is 9.97 Å². The van der Waals surface area contributed by atoms with Crippen molar-refractivity contribution in [3.63, 3.8) is 0 Å². The van der Waals surface area contributed by atoms with Crippen molar-refractivity contribution in [3.05, 3.63) is 57.2 Å². The summed E-state index contributed by atoms with van der Waals surface area (Å²) in [4.78, 5) is 17.9. The Morgan fingerprint density at radius 2 is 1.00 bits per heavy atom. The number of rotatable bonds is 9. The maximum Gasteiger partial charge on any atom is 0.168 e. The summed E-state index contributed by atoms with van der Waals surface area (Å²) in [5.74, 6) is 0.939. The minimum Gasteiger partial charge on any atom is -0.504 e. The zero-order valence-electron chi connectivity index (χ0n) is 27.6. The number of aromatic hydroxyl groups is 1. The lowest BCUT2D eigenvalue weighted by atomic mass is 9.98. The lowest BCUT2D eigenvalue weighted by Gasteiger charge is -2.08. The van der Waals surface area contributed by atoms with Crippen molar-refractivity contribution in [2.45, 2.75) is 107 Å². The molecule has 0 spiro atoms. The van der Waals surface area contributed by atoms with Crippen LogP contribution in [-0.4, -0.2) is 32.2 Å². The van der Waals surface area contributed by atoms with Crippen LogP contribution in [0, 0.1) is 0 Å². The number of fused-ring (bicyclic) bond motifs is 8. The fraction of sp³-hybridized carbons (Fsp3) is 0.459. The summed E-state index contributed by atoms with van der Waals surface area (Å²) in [5, 5.41) is 12.0. The third-order valence-electron chi connectivity index (χ3n) is 9.38. The fourth-order valence-corrected chi connectivity index (χ4v) is 7.42. The average molecular weight is 581 g/mol. The first-order valence-electron chi connectivity index (χ1n) is 16.4. The molecule has 6 nitrogen and oxygen atoms in total. The molecule has 6 heteroatoms. The van der Waals surface area contributed by atoms with E-state index in [0.717, 1.165) is 113 Å². The number of methoxy groups -OCH3 is 1. The number of allylic oxidation sites excluding steroid dienone is 4. The number of hydrogen-bond acceptors (Lipinski definition) is 4. The van der Waals surface area contributed by atoms with Gasteiger partial charge in [-0.2, -0.15) is 0 Å². The highest BCUT2D eigenvalue weighted by Gasteiger charge is 2.27. The van der Waals surface area contributed by atoms with E-state index in [-0.39, 0.29) is 5.75 Å². The Hall–Kier alpha value is -3.80. The predicted molar refractivity (Wildman–Crippen MR) is 182 cm³/mol. The van der Waals surface area contributed by atoms with E-state index in [2.05, 4.69) is 77.5 Å². The zero-order valence-corrected chi connectivity index (χ0v) is 27.6. The maximum absolute atomic E-state index is 12.0. The molecule has 0 amide bonds. The van der Waals surface area contributed by atoms with Crippen molar-refractivity contribution in [2.24, 2.45) is 0 Å². The second-order valence-corrected chi connectivity index (χ2v) is 11.3. The minimum atomic E-state index is 0.207. The van der Waals surface area contributed by atoms with Crippen molar-refractivity contribution in [1.29, 1.82) is 0 Å². The molecule has 0 unspecified atom stereocenters.